The maximum absolute atomic E-state index is 12.1. The second-order valence-corrected chi connectivity index (χ2v) is 12.5. The van der Waals surface area contributed by atoms with Gasteiger partial charge >= 0.3 is 0 Å². The van der Waals surface area contributed by atoms with E-state index < -0.39 is 0 Å². The minimum absolute atomic E-state index is 0.0859. The predicted octanol–water partition coefficient (Wildman–Crippen LogP) is 6.13. The molecule has 0 radical (unpaired) electrons. The van der Waals surface area contributed by atoms with Gasteiger partial charge in [0.25, 0.3) is 0 Å². The van der Waals surface area contributed by atoms with Crippen LogP contribution in [0.3, 0.4) is 0 Å². The summed E-state index contributed by atoms with van der Waals surface area (Å²) in [7, 11) is 1.68. The van der Waals surface area contributed by atoms with Crippen molar-refractivity contribution < 1.29 is 23.7 Å². The van der Waals surface area contributed by atoms with E-state index in [1.54, 1.807) is 7.11 Å². The highest BCUT2D eigenvalue weighted by atomic mass is 16.5. The number of hydrogen-bond acceptors (Lipinski definition) is 6. The van der Waals surface area contributed by atoms with Crippen LogP contribution < -0.4 is 20.1 Å². The number of amides is 1. The molecule has 1 aliphatic heterocycles. The maximum Gasteiger partial charge on any atom is 0.223 e. The van der Waals surface area contributed by atoms with Crippen LogP contribution in [0, 0.1) is 12.8 Å². The van der Waals surface area contributed by atoms with Crippen LogP contribution in [-0.2, 0) is 34.0 Å². The highest BCUT2D eigenvalue weighted by Crippen LogP contribution is 2.31. The standard InChI is InChI=1S/C38H47N3O5/c1-27-24-41(19-18-40-38(42)30-9-10-30)35-22-28(8-15-33(27)35)25-46-37-23-39-17-16-34(37)29-11-13-32(14-12-29)45-21-5-20-44-26-31-6-3-4-7-36(31)43-2/h3-4,6-8,11-15,22,24,30,34,37,39H,5,9-10,16-21,23,25-26H2,1-2H3,(H,40,42)/t34-,37+/m1/s1. The molecule has 1 saturated heterocycles. The minimum atomic E-state index is 0.0859. The molecule has 2 aliphatic rings. The molecule has 4 aromatic rings. The molecule has 46 heavy (non-hydrogen) atoms. The van der Waals surface area contributed by atoms with Gasteiger partial charge in [-0.05, 0) is 73.7 Å². The van der Waals surface area contributed by atoms with Crippen LogP contribution >= 0.6 is 0 Å². The van der Waals surface area contributed by atoms with E-state index in [2.05, 4.69) is 70.8 Å². The first-order chi connectivity index (χ1) is 22.6. The van der Waals surface area contributed by atoms with Crippen molar-refractivity contribution >= 4 is 16.8 Å². The summed E-state index contributed by atoms with van der Waals surface area (Å²) >= 11 is 0. The summed E-state index contributed by atoms with van der Waals surface area (Å²) in [6.45, 7) is 7.68. The smallest absolute Gasteiger partial charge is 0.223 e. The molecule has 0 spiro atoms. The molecule has 0 unspecified atom stereocenters. The van der Waals surface area contributed by atoms with E-state index in [1.165, 1.54) is 22.0 Å². The number of aromatic nitrogens is 1. The second-order valence-electron chi connectivity index (χ2n) is 12.5. The highest BCUT2D eigenvalue weighted by molar-refractivity contribution is 5.84. The van der Waals surface area contributed by atoms with E-state index >= 15 is 0 Å². The van der Waals surface area contributed by atoms with Gasteiger partial charge in [-0.3, -0.25) is 4.79 Å². The Balaban J connectivity index is 0.977. The number of carbonyl (C=O) groups is 1. The number of benzene rings is 3. The van der Waals surface area contributed by atoms with Gasteiger partial charge in [0.2, 0.25) is 5.91 Å². The Labute approximate surface area is 272 Å². The summed E-state index contributed by atoms with van der Waals surface area (Å²) in [5.74, 6) is 2.48. The van der Waals surface area contributed by atoms with Gasteiger partial charge in [0.05, 0.1) is 39.6 Å². The lowest BCUT2D eigenvalue weighted by atomic mass is 9.87. The van der Waals surface area contributed by atoms with Crippen molar-refractivity contribution in [2.45, 2.75) is 64.4 Å². The van der Waals surface area contributed by atoms with Crippen molar-refractivity contribution in [1.29, 1.82) is 0 Å². The van der Waals surface area contributed by atoms with Crippen LogP contribution in [0.1, 0.15) is 53.9 Å². The van der Waals surface area contributed by atoms with E-state index in [1.807, 2.05) is 24.3 Å². The number of carbonyl (C=O) groups excluding carboxylic acids is 1. The largest absolute Gasteiger partial charge is 0.496 e. The van der Waals surface area contributed by atoms with Gasteiger partial charge in [-0.1, -0.05) is 42.5 Å². The van der Waals surface area contributed by atoms with Gasteiger partial charge in [0, 0.05) is 60.6 Å². The lowest BCUT2D eigenvalue weighted by Gasteiger charge is -2.32. The predicted molar refractivity (Wildman–Crippen MR) is 180 cm³/mol. The first-order valence-corrected chi connectivity index (χ1v) is 16.7. The minimum Gasteiger partial charge on any atom is -0.496 e. The number of methoxy groups -OCH3 is 1. The average molecular weight is 626 g/mol. The van der Waals surface area contributed by atoms with Crippen molar-refractivity contribution in [3.05, 3.63) is 95.2 Å². The molecule has 244 valence electrons. The van der Waals surface area contributed by atoms with Gasteiger partial charge in [0.15, 0.2) is 0 Å². The fourth-order valence-electron chi connectivity index (χ4n) is 6.34. The molecule has 2 fully saturated rings. The van der Waals surface area contributed by atoms with Gasteiger partial charge in [-0.15, -0.1) is 0 Å². The van der Waals surface area contributed by atoms with E-state index in [4.69, 9.17) is 18.9 Å². The van der Waals surface area contributed by atoms with Gasteiger partial charge < -0.3 is 34.1 Å². The zero-order valence-corrected chi connectivity index (χ0v) is 27.1. The summed E-state index contributed by atoms with van der Waals surface area (Å²) in [6, 6.07) is 23.1. The van der Waals surface area contributed by atoms with Gasteiger partial charge in [0.1, 0.15) is 11.5 Å². The summed E-state index contributed by atoms with van der Waals surface area (Å²) in [6.07, 6.45) is 6.17. The molecule has 2 N–H and O–H groups in total. The third kappa shape index (κ3) is 8.29. The Morgan fingerprint density at radius 1 is 1.00 bits per heavy atom. The third-order valence-corrected chi connectivity index (χ3v) is 9.10. The molecule has 0 bridgehead atoms. The first-order valence-electron chi connectivity index (χ1n) is 16.7. The van der Waals surface area contributed by atoms with Gasteiger partial charge in [-0.25, -0.2) is 0 Å². The van der Waals surface area contributed by atoms with E-state index in [0.29, 0.717) is 38.9 Å². The SMILES string of the molecule is COc1ccccc1COCCCOc1ccc([C@H]2CCNC[C@@H]2OCc2ccc3c(C)cn(CCNC(=O)C4CC4)c3c2)cc1. The molecule has 1 saturated carbocycles. The lowest BCUT2D eigenvalue weighted by Crippen LogP contribution is -2.40. The molecule has 1 aromatic heterocycles. The fourth-order valence-corrected chi connectivity index (χ4v) is 6.34. The zero-order chi connectivity index (χ0) is 31.7. The van der Waals surface area contributed by atoms with Crippen LogP contribution in [0.2, 0.25) is 0 Å². The van der Waals surface area contributed by atoms with E-state index in [-0.39, 0.29) is 17.9 Å². The number of hydrogen-bond donors (Lipinski definition) is 2. The topological polar surface area (TPSA) is 83.0 Å². The van der Waals surface area contributed by atoms with Crippen LogP contribution in [0.15, 0.2) is 72.9 Å². The summed E-state index contributed by atoms with van der Waals surface area (Å²) in [5.41, 5.74) is 5.93. The van der Waals surface area contributed by atoms with Crippen molar-refractivity contribution in [2.75, 3.05) is 40.0 Å². The zero-order valence-electron chi connectivity index (χ0n) is 27.1. The quantitative estimate of drug-likeness (QED) is 0.146. The Morgan fingerprint density at radius 3 is 2.67 bits per heavy atom. The molecule has 1 aliphatic carbocycles. The van der Waals surface area contributed by atoms with Gasteiger partial charge in [-0.2, -0.15) is 0 Å². The maximum atomic E-state index is 12.1. The molecule has 3 aromatic carbocycles. The van der Waals surface area contributed by atoms with Crippen molar-refractivity contribution in [1.82, 2.24) is 15.2 Å². The third-order valence-electron chi connectivity index (χ3n) is 9.10. The van der Waals surface area contributed by atoms with Crippen molar-refractivity contribution in [2.24, 2.45) is 5.92 Å². The van der Waals surface area contributed by atoms with E-state index in [9.17, 15) is 4.79 Å². The highest BCUT2D eigenvalue weighted by Gasteiger charge is 2.29. The van der Waals surface area contributed by atoms with Crippen LogP contribution in [0.25, 0.3) is 10.9 Å². The number of aryl methyl sites for hydroxylation is 1. The molecule has 2 atom stereocenters. The number of rotatable bonds is 16. The monoisotopic (exact) mass is 625 g/mol. The Bertz CT molecular complexity index is 1580. The van der Waals surface area contributed by atoms with E-state index in [0.717, 1.165) is 67.9 Å². The Kier molecular flexibility index (Phi) is 10.9. The molecule has 8 heteroatoms. The number of nitrogens with one attached hydrogen (secondary N) is 2. The molecule has 2 heterocycles. The van der Waals surface area contributed by atoms with Crippen LogP contribution in [-0.4, -0.2) is 56.5 Å². The Morgan fingerprint density at radius 2 is 1.85 bits per heavy atom. The average Bonchev–Trinajstić information content (AvgIpc) is 3.90. The number of fused-ring (bicyclic) bond motifs is 1. The normalized spacial score (nSPS) is 18.0. The summed E-state index contributed by atoms with van der Waals surface area (Å²) in [5, 5.41) is 7.86. The molecule has 6 rings (SSSR count). The Hall–Kier alpha value is -3.85. The number of para-hydroxylation sites is 1. The molecule has 1 amide bonds. The van der Waals surface area contributed by atoms with Crippen LogP contribution in [0.5, 0.6) is 11.5 Å². The number of nitrogens with zero attached hydrogens (tertiary/aromatic N) is 1. The molecular weight excluding hydrogens is 578 g/mol. The second kappa shape index (κ2) is 15.6. The lowest BCUT2D eigenvalue weighted by molar-refractivity contribution is -0.122. The van der Waals surface area contributed by atoms with Crippen molar-refractivity contribution in [3.63, 3.8) is 0 Å². The first kappa shape index (κ1) is 32.1. The number of piperidine rings is 1. The molecular formula is C38H47N3O5. The number of ether oxygens (including phenoxy) is 4. The molecule has 8 nitrogen and oxygen atoms in total. The summed E-state index contributed by atoms with van der Waals surface area (Å²) in [4.78, 5) is 12.1. The summed E-state index contributed by atoms with van der Waals surface area (Å²) < 4.78 is 26.1. The van der Waals surface area contributed by atoms with Crippen molar-refractivity contribution in [3.8, 4) is 11.5 Å². The van der Waals surface area contributed by atoms with Crippen LogP contribution in [0.4, 0.5) is 0 Å². The fraction of sp³-hybridized carbons (Fsp3) is 0.447.